The van der Waals surface area contributed by atoms with Crippen molar-refractivity contribution in [3.63, 3.8) is 0 Å². The zero-order valence-corrected chi connectivity index (χ0v) is 15.5. The topological polar surface area (TPSA) is 116 Å². The van der Waals surface area contributed by atoms with Crippen molar-refractivity contribution in [3.05, 3.63) is 71.6 Å². The monoisotopic (exact) mass is 396 g/mol. The highest BCUT2D eigenvalue weighted by Gasteiger charge is 2.17. The normalized spacial score (nSPS) is 10.4. The molecule has 0 saturated carbocycles. The minimum atomic E-state index is -0.538. The number of nitro groups is 1. The Bertz CT molecular complexity index is 1010. The minimum absolute atomic E-state index is 0.0222. The molecule has 28 heavy (non-hydrogen) atoms. The highest BCUT2D eigenvalue weighted by Crippen LogP contribution is 2.25. The van der Waals surface area contributed by atoms with E-state index >= 15 is 0 Å². The average Bonchev–Trinajstić information content (AvgIpc) is 3.10. The molecule has 0 saturated heterocycles. The Balaban J connectivity index is 1.73. The third kappa shape index (κ3) is 4.41. The molecule has 3 aromatic rings. The third-order valence-corrected chi connectivity index (χ3v) is 4.62. The molecule has 3 rings (SSSR count). The number of nitro benzene ring substituents is 1. The molecule has 1 amide bonds. The van der Waals surface area contributed by atoms with Crippen LogP contribution in [-0.2, 0) is 11.3 Å². The second kappa shape index (κ2) is 8.91. The standard InChI is InChI=1S/C18H16N6O3S/c1-2-10-23-17(13-6-5-9-19-11-13)21-22-18(23)28-12-16(25)20-14-7-3-4-8-15(14)24(26)27/h2-9,11H,1,10,12H2,(H,20,25). The van der Waals surface area contributed by atoms with E-state index in [0.29, 0.717) is 17.5 Å². The van der Waals surface area contributed by atoms with E-state index in [4.69, 9.17) is 0 Å². The lowest BCUT2D eigenvalue weighted by Crippen LogP contribution is -2.15. The number of allylic oxidation sites excluding steroid dienone is 1. The van der Waals surface area contributed by atoms with Gasteiger partial charge in [0.25, 0.3) is 5.69 Å². The number of para-hydroxylation sites is 2. The quantitative estimate of drug-likeness (QED) is 0.269. The minimum Gasteiger partial charge on any atom is -0.320 e. The maximum Gasteiger partial charge on any atom is 0.292 e. The van der Waals surface area contributed by atoms with Crippen LogP contribution in [0.25, 0.3) is 11.4 Å². The Morgan fingerprint density at radius 3 is 2.82 bits per heavy atom. The molecule has 0 fully saturated rings. The second-order valence-corrected chi connectivity index (χ2v) is 6.50. The smallest absolute Gasteiger partial charge is 0.292 e. The van der Waals surface area contributed by atoms with Crippen LogP contribution in [0, 0.1) is 10.1 Å². The third-order valence-electron chi connectivity index (χ3n) is 3.66. The van der Waals surface area contributed by atoms with Crippen LogP contribution in [-0.4, -0.2) is 36.3 Å². The van der Waals surface area contributed by atoms with Gasteiger partial charge in [0.2, 0.25) is 5.91 Å². The van der Waals surface area contributed by atoms with Crippen molar-refractivity contribution in [3.8, 4) is 11.4 Å². The molecule has 0 unspecified atom stereocenters. The van der Waals surface area contributed by atoms with Crippen molar-refractivity contribution in [2.45, 2.75) is 11.7 Å². The van der Waals surface area contributed by atoms with Crippen molar-refractivity contribution in [2.75, 3.05) is 11.1 Å². The van der Waals surface area contributed by atoms with E-state index in [1.807, 2.05) is 10.6 Å². The summed E-state index contributed by atoms with van der Waals surface area (Å²) in [6.45, 7) is 4.21. The molecule has 0 bridgehead atoms. The molecular formula is C18H16N6O3S. The summed E-state index contributed by atoms with van der Waals surface area (Å²) in [5, 5.41) is 22.5. The van der Waals surface area contributed by atoms with Gasteiger partial charge in [-0.05, 0) is 18.2 Å². The van der Waals surface area contributed by atoms with Gasteiger partial charge in [-0.3, -0.25) is 24.5 Å². The summed E-state index contributed by atoms with van der Waals surface area (Å²) in [7, 11) is 0. The predicted octanol–water partition coefficient (Wildman–Crippen LogP) is 3.17. The molecule has 2 aromatic heterocycles. The number of hydrogen-bond acceptors (Lipinski definition) is 7. The number of thioether (sulfide) groups is 1. The van der Waals surface area contributed by atoms with Crippen LogP contribution < -0.4 is 5.32 Å². The molecule has 142 valence electrons. The van der Waals surface area contributed by atoms with Crippen LogP contribution in [0.4, 0.5) is 11.4 Å². The number of nitrogens with zero attached hydrogens (tertiary/aromatic N) is 5. The first-order chi connectivity index (χ1) is 13.6. The highest BCUT2D eigenvalue weighted by molar-refractivity contribution is 7.99. The number of aromatic nitrogens is 4. The van der Waals surface area contributed by atoms with Crippen LogP contribution in [0.1, 0.15) is 0 Å². The first-order valence-corrected chi connectivity index (χ1v) is 9.19. The number of pyridine rings is 1. The van der Waals surface area contributed by atoms with Gasteiger partial charge in [-0.1, -0.05) is 30.0 Å². The molecule has 0 aliphatic carbocycles. The van der Waals surface area contributed by atoms with E-state index in [0.717, 1.165) is 5.56 Å². The summed E-state index contributed by atoms with van der Waals surface area (Å²) in [5.74, 6) is 0.263. The molecule has 9 nitrogen and oxygen atoms in total. The van der Waals surface area contributed by atoms with Gasteiger partial charge in [-0.25, -0.2) is 0 Å². The van der Waals surface area contributed by atoms with Crippen molar-refractivity contribution in [1.82, 2.24) is 19.7 Å². The SMILES string of the molecule is C=CCn1c(SCC(=O)Nc2ccccc2[N+](=O)[O-])nnc1-c1cccnc1. The van der Waals surface area contributed by atoms with Crippen molar-refractivity contribution < 1.29 is 9.72 Å². The molecule has 1 N–H and O–H groups in total. The maximum atomic E-state index is 12.3. The number of carbonyl (C=O) groups is 1. The number of amides is 1. The van der Waals surface area contributed by atoms with Crippen molar-refractivity contribution in [1.29, 1.82) is 0 Å². The van der Waals surface area contributed by atoms with Gasteiger partial charge < -0.3 is 5.32 Å². The average molecular weight is 396 g/mol. The van der Waals surface area contributed by atoms with Crippen LogP contribution in [0.2, 0.25) is 0 Å². The molecular weight excluding hydrogens is 380 g/mol. The number of carbonyl (C=O) groups excluding carboxylic acids is 1. The highest BCUT2D eigenvalue weighted by atomic mass is 32.2. The Morgan fingerprint density at radius 2 is 2.11 bits per heavy atom. The van der Waals surface area contributed by atoms with Gasteiger partial charge in [0.15, 0.2) is 11.0 Å². The molecule has 10 heteroatoms. The zero-order valence-electron chi connectivity index (χ0n) is 14.7. The van der Waals surface area contributed by atoms with Crippen molar-refractivity contribution >= 4 is 29.0 Å². The fourth-order valence-electron chi connectivity index (χ4n) is 2.45. The van der Waals surface area contributed by atoms with Crippen molar-refractivity contribution in [2.24, 2.45) is 0 Å². The molecule has 0 aliphatic rings. The summed E-state index contributed by atoms with van der Waals surface area (Å²) >= 11 is 1.18. The van der Waals surface area contributed by atoms with E-state index in [-0.39, 0.29) is 23.0 Å². The van der Waals surface area contributed by atoms with Crippen LogP contribution in [0.15, 0.2) is 66.6 Å². The largest absolute Gasteiger partial charge is 0.320 e. The van der Waals surface area contributed by atoms with Gasteiger partial charge >= 0.3 is 0 Å². The molecule has 0 atom stereocenters. The Kier molecular flexibility index (Phi) is 6.12. The zero-order chi connectivity index (χ0) is 19.9. The lowest BCUT2D eigenvalue weighted by Gasteiger charge is -2.08. The van der Waals surface area contributed by atoms with E-state index in [9.17, 15) is 14.9 Å². The summed E-state index contributed by atoms with van der Waals surface area (Å²) in [6.07, 6.45) is 5.06. The van der Waals surface area contributed by atoms with Gasteiger partial charge in [-0.2, -0.15) is 0 Å². The lowest BCUT2D eigenvalue weighted by molar-refractivity contribution is -0.383. The molecule has 1 aromatic carbocycles. The Labute approximate surface area is 164 Å². The molecule has 0 radical (unpaired) electrons. The van der Waals surface area contributed by atoms with E-state index in [2.05, 4.69) is 27.1 Å². The Morgan fingerprint density at radius 1 is 1.29 bits per heavy atom. The first kappa shape index (κ1) is 19.2. The molecule has 0 spiro atoms. The summed E-state index contributed by atoms with van der Waals surface area (Å²) in [6, 6.07) is 9.66. The van der Waals surface area contributed by atoms with Crippen LogP contribution in [0.5, 0.6) is 0 Å². The van der Waals surface area contributed by atoms with E-state index in [1.165, 1.54) is 23.9 Å². The predicted molar refractivity (Wildman–Crippen MR) is 106 cm³/mol. The summed E-state index contributed by atoms with van der Waals surface area (Å²) < 4.78 is 1.83. The number of nitrogens with one attached hydrogen (secondary N) is 1. The molecule has 2 heterocycles. The Hall–Kier alpha value is -3.53. The van der Waals surface area contributed by atoms with Gasteiger partial charge in [-0.15, -0.1) is 16.8 Å². The summed E-state index contributed by atoms with van der Waals surface area (Å²) in [5.41, 5.74) is 0.796. The molecule has 0 aliphatic heterocycles. The van der Waals surface area contributed by atoms with E-state index in [1.54, 1.807) is 36.7 Å². The number of benzene rings is 1. The fraction of sp³-hybridized carbons (Fsp3) is 0.111. The fourth-order valence-corrected chi connectivity index (χ4v) is 3.20. The van der Waals surface area contributed by atoms with Gasteiger partial charge in [0.1, 0.15) is 5.69 Å². The van der Waals surface area contributed by atoms with E-state index < -0.39 is 4.92 Å². The summed E-state index contributed by atoms with van der Waals surface area (Å²) in [4.78, 5) is 26.9. The van der Waals surface area contributed by atoms with Gasteiger partial charge in [0, 0.05) is 30.6 Å². The maximum absolute atomic E-state index is 12.3. The first-order valence-electron chi connectivity index (χ1n) is 8.20. The number of hydrogen-bond donors (Lipinski definition) is 1. The number of anilines is 1. The van der Waals surface area contributed by atoms with Crippen LogP contribution in [0.3, 0.4) is 0 Å². The van der Waals surface area contributed by atoms with Crippen LogP contribution >= 0.6 is 11.8 Å². The van der Waals surface area contributed by atoms with Gasteiger partial charge in [0.05, 0.1) is 10.7 Å². The second-order valence-electron chi connectivity index (χ2n) is 5.56. The lowest BCUT2D eigenvalue weighted by atomic mass is 10.2. The number of rotatable bonds is 8.